The highest BCUT2D eigenvalue weighted by molar-refractivity contribution is 5.31. The molecule has 0 saturated carbocycles. The minimum absolute atomic E-state index is 0.109. The zero-order valence-corrected chi connectivity index (χ0v) is 14.8. The number of benzene rings is 2. The molecule has 0 aromatic heterocycles. The summed E-state index contributed by atoms with van der Waals surface area (Å²) in [6, 6.07) is 16.4. The first-order valence-corrected chi connectivity index (χ1v) is 8.97. The summed E-state index contributed by atoms with van der Waals surface area (Å²) in [4.78, 5) is 0. The third kappa shape index (κ3) is 5.05. The summed E-state index contributed by atoms with van der Waals surface area (Å²) in [5.41, 5.74) is 3.79. The number of rotatable bonds is 8. The zero-order valence-electron chi connectivity index (χ0n) is 14.8. The maximum absolute atomic E-state index is 10.2. The first kappa shape index (κ1) is 17.9. The van der Waals surface area contributed by atoms with Gasteiger partial charge in [-0.25, -0.2) is 0 Å². The Kier molecular flexibility index (Phi) is 6.45. The molecular weight excluding hydrogens is 314 g/mol. The number of aryl methyl sites for hydroxylation is 1. The fourth-order valence-electron chi connectivity index (χ4n) is 3.33. The molecule has 0 aliphatic heterocycles. The van der Waals surface area contributed by atoms with Crippen LogP contribution in [-0.4, -0.2) is 31.5 Å². The van der Waals surface area contributed by atoms with Gasteiger partial charge in [0.05, 0.1) is 25.9 Å². The van der Waals surface area contributed by atoms with Gasteiger partial charge in [0.25, 0.3) is 0 Å². The summed E-state index contributed by atoms with van der Waals surface area (Å²) >= 11 is 0. The number of ether oxygens (including phenoxy) is 2. The lowest BCUT2D eigenvalue weighted by molar-refractivity contribution is -0.0167. The number of aliphatic hydroxyl groups is 1. The summed E-state index contributed by atoms with van der Waals surface area (Å²) in [6.45, 7) is 1.55. The third-order valence-electron chi connectivity index (χ3n) is 4.65. The number of hydrogen-bond donors (Lipinski definition) is 2. The van der Waals surface area contributed by atoms with E-state index in [9.17, 15) is 5.11 Å². The predicted molar refractivity (Wildman–Crippen MR) is 98.8 cm³/mol. The molecule has 0 radical (unpaired) electrons. The van der Waals surface area contributed by atoms with E-state index in [0.29, 0.717) is 19.7 Å². The molecule has 0 amide bonds. The number of fused-ring (bicyclic) bond motifs is 1. The second-order valence-electron chi connectivity index (χ2n) is 6.55. The maximum Gasteiger partial charge on any atom is 0.119 e. The molecule has 2 atom stereocenters. The largest absolute Gasteiger partial charge is 0.497 e. The lowest BCUT2D eigenvalue weighted by atomic mass is 9.89. The van der Waals surface area contributed by atoms with E-state index in [1.807, 2.05) is 24.3 Å². The number of hydrogen-bond acceptors (Lipinski definition) is 4. The normalized spacial score (nSPS) is 17.8. The molecule has 1 aliphatic rings. The van der Waals surface area contributed by atoms with Crippen LogP contribution in [-0.2, 0) is 17.7 Å². The second kappa shape index (κ2) is 8.99. The van der Waals surface area contributed by atoms with Crippen molar-refractivity contribution in [2.24, 2.45) is 0 Å². The molecule has 1 aliphatic carbocycles. The molecule has 0 saturated heterocycles. The van der Waals surface area contributed by atoms with Crippen LogP contribution in [0.25, 0.3) is 0 Å². The van der Waals surface area contributed by atoms with Gasteiger partial charge in [0, 0.05) is 13.1 Å². The SMILES string of the molecule is COc1cccc(CNC[C@@H](O)CO[C@@H]2CCCc3ccccc32)c1. The van der Waals surface area contributed by atoms with Crippen LogP contribution in [0, 0.1) is 0 Å². The fraction of sp³-hybridized carbons (Fsp3) is 0.429. The van der Waals surface area contributed by atoms with Crippen LogP contribution in [0.4, 0.5) is 0 Å². The average Bonchev–Trinajstić information content (AvgIpc) is 2.66. The van der Waals surface area contributed by atoms with E-state index in [2.05, 4.69) is 29.6 Å². The monoisotopic (exact) mass is 341 g/mol. The molecule has 0 bridgehead atoms. The number of methoxy groups -OCH3 is 1. The molecule has 4 nitrogen and oxygen atoms in total. The Morgan fingerprint density at radius 2 is 2.08 bits per heavy atom. The standard InChI is InChI=1S/C21H27NO3/c1-24-19-9-4-6-16(12-19)13-22-14-18(23)15-25-21-11-5-8-17-7-2-3-10-20(17)21/h2-4,6-7,9-10,12,18,21-23H,5,8,11,13-15H2,1H3/t18-,21-/m1/s1. The van der Waals surface area contributed by atoms with Crippen LogP contribution >= 0.6 is 0 Å². The summed E-state index contributed by atoms with van der Waals surface area (Å²) < 4.78 is 11.2. The predicted octanol–water partition coefficient (Wildman–Crippen LogP) is 3.24. The molecule has 0 unspecified atom stereocenters. The van der Waals surface area contributed by atoms with Gasteiger partial charge >= 0.3 is 0 Å². The Hall–Kier alpha value is -1.88. The van der Waals surface area contributed by atoms with Crippen molar-refractivity contribution in [3.63, 3.8) is 0 Å². The Balaban J connectivity index is 1.42. The van der Waals surface area contributed by atoms with Crippen molar-refractivity contribution in [2.75, 3.05) is 20.3 Å². The van der Waals surface area contributed by atoms with Gasteiger partial charge in [0.2, 0.25) is 0 Å². The smallest absolute Gasteiger partial charge is 0.119 e. The van der Waals surface area contributed by atoms with Crippen LogP contribution in [0.3, 0.4) is 0 Å². The summed E-state index contributed by atoms with van der Waals surface area (Å²) in [7, 11) is 1.66. The van der Waals surface area contributed by atoms with Crippen molar-refractivity contribution in [1.29, 1.82) is 0 Å². The van der Waals surface area contributed by atoms with Gasteiger partial charge in [-0.3, -0.25) is 0 Å². The molecular formula is C21H27NO3. The minimum Gasteiger partial charge on any atom is -0.497 e. The van der Waals surface area contributed by atoms with E-state index in [0.717, 1.165) is 30.6 Å². The van der Waals surface area contributed by atoms with E-state index in [-0.39, 0.29) is 6.10 Å². The fourth-order valence-corrected chi connectivity index (χ4v) is 3.33. The van der Waals surface area contributed by atoms with Gasteiger partial charge < -0.3 is 19.9 Å². The van der Waals surface area contributed by atoms with Gasteiger partial charge in [0.15, 0.2) is 0 Å². The van der Waals surface area contributed by atoms with Crippen LogP contribution in [0.2, 0.25) is 0 Å². The maximum atomic E-state index is 10.2. The molecule has 2 N–H and O–H groups in total. The minimum atomic E-state index is -0.514. The summed E-state index contributed by atoms with van der Waals surface area (Å²) in [5.74, 6) is 0.846. The van der Waals surface area contributed by atoms with Crippen LogP contribution in [0.5, 0.6) is 5.75 Å². The van der Waals surface area contributed by atoms with E-state index >= 15 is 0 Å². The van der Waals surface area contributed by atoms with Crippen molar-refractivity contribution >= 4 is 0 Å². The molecule has 2 aromatic carbocycles. The van der Waals surface area contributed by atoms with Gasteiger partial charge in [0.1, 0.15) is 5.75 Å². The number of nitrogens with one attached hydrogen (secondary N) is 1. The highest BCUT2D eigenvalue weighted by Gasteiger charge is 2.21. The van der Waals surface area contributed by atoms with Crippen molar-refractivity contribution < 1.29 is 14.6 Å². The van der Waals surface area contributed by atoms with Crippen molar-refractivity contribution in [3.05, 3.63) is 65.2 Å². The molecule has 4 heteroatoms. The number of aliphatic hydroxyl groups excluding tert-OH is 1. The van der Waals surface area contributed by atoms with Crippen LogP contribution < -0.4 is 10.1 Å². The third-order valence-corrected chi connectivity index (χ3v) is 4.65. The highest BCUT2D eigenvalue weighted by atomic mass is 16.5. The van der Waals surface area contributed by atoms with Crippen LogP contribution in [0.1, 0.15) is 35.6 Å². The zero-order chi connectivity index (χ0) is 17.5. The molecule has 0 spiro atoms. The lowest BCUT2D eigenvalue weighted by Crippen LogP contribution is -2.31. The Morgan fingerprint density at radius 1 is 1.20 bits per heavy atom. The van der Waals surface area contributed by atoms with Crippen molar-refractivity contribution in [3.8, 4) is 5.75 Å². The molecule has 134 valence electrons. The van der Waals surface area contributed by atoms with Crippen molar-refractivity contribution in [2.45, 2.75) is 38.0 Å². The molecule has 25 heavy (non-hydrogen) atoms. The average molecular weight is 341 g/mol. The first-order chi connectivity index (χ1) is 12.3. The molecule has 2 aromatic rings. The van der Waals surface area contributed by atoms with E-state index < -0.39 is 6.10 Å². The second-order valence-corrected chi connectivity index (χ2v) is 6.55. The van der Waals surface area contributed by atoms with E-state index in [1.165, 1.54) is 11.1 Å². The Labute approximate surface area is 149 Å². The first-order valence-electron chi connectivity index (χ1n) is 8.97. The molecule has 3 rings (SSSR count). The highest BCUT2D eigenvalue weighted by Crippen LogP contribution is 2.32. The Morgan fingerprint density at radius 3 is 2.96 bits per heavy atom. The Bertz CT molecular complexity index is 674. The van der Waals surface area contributed by atoms with Crippen LogP contribution in [0.15, 0.2) is 48.5 Å². The van der Waals surface area contributed by atoms with Crippen molar-refractivity contribution in [1.82, 2.24) is 5.32 Å². The lowest BCUT2D eigenvalue weighted by Gasteiger charge is -2.26. The summed E-state index contributed by atoms with van der Waals surface area (Å²) in [6.07, 6.45) is 2.89. The van der Waals surface area contributed by atoms with E-state index in [1.54, 1.807) is 7.11 Å². The summed E-state index contributed by atoms with van der Waals surface area (Å²) in [5, 5.41) is 13.5. The van der Waals surface area contributed by atoms with E-state index in [4.69, 9.17) is 9.47 Å². The van der Waals surface area contributed by atoms with Gasteiger partial charge in [-0.1, -0.05) is 36.4 Å². The quantitative estimate of drug-likeness (QED) is 0.774. The topological polar surface area (TPSA) is 50.7 Å². The van der Waals surface area contributed by atoms with Gasteiger partial charge in [-0.15, -0.1) is 0 Å². The van der Waals surface area contributed by atoms with Gasteiger partial charge in [-0.05, 0) is 48.1 Å². The molecule has 0 fully saturated rings. The molecule has 0 heterocycles. The van der Waals surface area contributed by atoms with Gasteiger partial charge in [-0.2, -0.15) is 0 Å².